The van der Waals surface area contributed by atoms with Gasteiger partial charge in [0.05, 0.1) is 12.7 Å². The first kappa shape index (κ1) is 17.1. The Morgan fingerprint density at radius 3 is 2.17 bits per heavy atom. The molecule has 0 saturated carbocycles. The Morgan fingerprint density at radius 2 is 1.78 bits per heavy atom. The lowest BCUT2D eigenvalue weighted by molar-refractivity contribution is 0.159. The zero-order valence-corrected chi connectivity index (χ0v) is 12.6. The van der Waals surface area contributed by atoms with Crippen LogP contribution in [-0.4, -0.2) is 22.9 Å². The van der Waals surface area contributed by atoms with Gasteiger partial charge in [-0.3, -0.25) is 0 Å². The first-order valence-corrected chi connectivity index (χ1v) is 6.42. The Hall–Kier alpha value is -0.860. The second-order valence-electron chi connectivity index (χ2n) is 6.19. The molecule has 0 aromatic heterocycles. The molecule has 0 rings (SSSR count). The highest BCUT2D eigenvalue weighted by Gasteiger charge is 2.18. The molecule has 0 spiro atoms. The van der Waals surface area contributed by atoms with Gasteiger partial charge in [-0.2, -0.15) is 0 Å². The molecule has 0 aromatic rings. The van der Waals surface area contributed by atoms with Gasteiger partial charge < -0.3 is 10.2 Å². The molecule has 0 unspecified atom stereocenters. The van der Waals surface area contributed by atoms with Crippen molar-refractivity contribution in [1.29, 1.82) is 0 Å². The topological polar surface area (TPSA) is 40.5 Å². The van der Waals surface area contributed by atoms with Crippen molar-refractivity contribution in [2.45, 2.75) is 47.6 Å². The van der Waals surface area contributed by atoms with Gasteiger partial charge in [0.15, 0.2) is 0 Å². The van der Waals surface area contributed by atoms with Crippen LogP contribution in [0.3, 0.4) is 0 Å². The number of hydrogen-bond donors (Lipinski definition) is 2. The summed E-state index contributed by atoms with van der Waals surface area (Å²) in [7, 11) is 0. The summed E-state index contributed by atoms with van der Waals surface area (Å²) in [5.74, 6) is -0.131. The van der Waals surface area contributed by atoms with E-state index in [-0.39, 0.29) is 17.9 Å². The van der Waals surface area contributed by atoms with Crippen LogP contribution in [0.5, 0.6) is 0 Å². The minimum atomic E-state index is -0.590. The molecule has 0 bridgehead atoms. The minimum Gasteiger partial charge on any atom is -0.392 e. The van der Waals surface area contributed by atoms with Crippen LogP contribution >= 0.6 is 0 Å². The molecular weight excluding hydrogens is 224 g/mol. The van der Waals surface area contributed by atoms with Gasteiger partial charge in [0, 0.05) is 5.92 Å². The lowest BCUT2D eigenvalue weighted by Crippen LogP contribution is -2.22. The van der Waals surface area contributed by atoms with Crippen molar-refractivity contribution in [2.75, 3.05) is 6.61 Å². The number of hydrogen-bond acceptors (Lipinski definition) is 2. The van der Waals surface area contributed by atoms with Gasteiger partial charge in [-0.1, -0.05) is 52.0 Å². The van der Waals surface area contributed by atoms with Gasteiger partial charge in [-0.15, -0.1) is 0 Å². The summed E-state index contributed by atoms with van der Waals surface area (Å²) in [6.45, 7) is 15.9. The summed E-state index contributed by atoms with van der Waals surface area (Å²) < 4.78 is 0. The average Bonchev–Trinajstić information content (AvgIpc) is 2.22. The van der Waals surface area contributed by atoms with Crippen molar-refractivity contribution in [1.82, 2.24) is 0 Å². The summed E-state index contributed by atoms with van der Waals surface area (Å²) in [6.07, 6.45) is 3.58. The number of aliphatic hydroxyl groups excluding tert-OH is 2. The van der Waals surface area contributed by atoms with Crippen LogP contribution in [0.2, 0.25) is 0 Å². The van der Waals surface area contributed by atoms with Crippen molar-refractivity contribution >= 4 is 0 Å². The van der Waals surface area contributed by atoms with Gasteiger partial charge in [0.2, 0.25) is 0 Å². The number of aliphatic hydroxyl groups is 2. The maximum Gasteiger partial charge on any atom is 0.0813 e. The van der Waals surface area contributed by atoms with Gasteiger partial charge in [-0.05, 0) is 30.4 Å². The Kier molecular flexibility index (Phi) is 6.58. The Balaban J connectivity index is 4.89. The van der Waals surface area contributed by atoms with E-state index >= 15 is 0 Å². The summed E-state index contributed by atoms with van der Waals surface area (Å²) in [6, 6.07) is 0. The van der Waals surface area contributed by atoms with E-state index in [0.29, 0.717) is 5.57 Å². The van der Waals surface area contributed by atoms with E-state index in [1.165, 1.54) is 0 Å². The summed E-state index contributed by atoms with van der Waals surface area (Å²) in [5, 5.41) is 19.2. The van der Waals surface area contributed by atoms with Crippen LogP contribution in [0.15, 0.2) is 35.5 Å². The van der Waals surface area contributed by atoms with E-state index in [4.69, 9.17) is 5.11 Å². The second-order valence-corrected chi connectivity index (χ2v) is 6.19. The third-order valence-electron chi connectivity index (χ3n) is 2.90. The van der Waals surface area contributed by atoms with Crippen LogP contribution in [0, 0.1) is 11.3 Å². The molecule has 2 heteroatoms. The molecule has 2 atom stereocenters. The molecular formula is C16H28O2. The zero-order chi connectivity index (χ0) is 14.5. The molecule has 0 aliphatic carbocycles. The normalized spacial score (nSPS) is 17.6. The first-order chi connectivity index (χ1) is 8.08. The van der Waals surface area contributed by atoms with Crippen molar-refractivity contribution in [3.8, 4) is 0 Å². The lowest BCUT2D eigenvalue weighted by Gasteiger charge is -2.21. The van der Waals surface area contributed by atoms with Crippen LogP contribution in [0.1, 0.15) is 41.5 Å². The maximum absolute atomic E-state index is 10.2. The summed E-state index contributed by atoms with van der Waals surface area (Å²) >= 11 is 0. The van der Waals surface area contributed by atoms with Crippen LogP contribution < -0.4 is 0 Å². The van der Waals surface area contributed by atoms with Crippen molar-refractivity contribution in [3.05, 3.63) is 35.5 Å². The lowest BCUT2D eigenvalue weighted by atomic mass is 9.89. The van der Waals surface area contributed by atoms with Gasteiger partial charge >= 0.3 is 0 Å². The molecule has 0 aromatic carbocycles. The van der Waals surface area contributed by atoms with Gasteiger partial charge in [0.25, 0.3) is 0 Å². The Morgan fingerprint density at radius 1 is 1.28 bits per heavy atom. The standard InChI is InChI=1S/C16H28O2/c1-11(9-16(5,6)7)8-12(2)15(18)14(4)13(3)10-17/h8-9,14-15,17-18H,3,10H2,1-2,4-7H3/b11-9+,12-8+/t14-,15-/m0/s1. The fourth-order valence-electron chi connectivity index (χ4n) is 1.93. The summed E-state index contributed by atoms with van der Waals surface area (Å²) in [5.41, 5.74) is 2.83. The first-order valence-electron chi connectivity index (χ1n) is 6.42. The molecule has 0 fully saturated rings. The highest BCUT2D eigenvalue weighted by molar-refractivity contribution is 5.26. The van der Waals surface area contributed by atoms with Gasteiger partial charge in [-0.25, -0.2) is 0 Å². The molecule has 0 aliphatic heterocycles. The van der Waals surface area contributed by atoms with E-state index in [1.54, 1.807) is 0 Å². The molecule has 18 heavy (non-hydrogen) atoms. The van der Waals surface area contributed by atoms with Crippen LogP contribution in [0.25, 0.3) is 0 Å². The average molecular weight is 252 g/mol. The third kappa shape index (κ3) is 6.18. The molecule has 104 valence electrons. The fourth-order valence-corrected chi connectivity index (χ4v) is 1.93. The van der Waals surface area contributed by atoms with Crippen molar-refractivity contribution in [2.24, 2.45) is 11.3 Å². The molecule has 2 nitrogen and oxygen atoms in total. The van der Waals surface area contributed by atoms with E-state index in [0.717, 1.165) is 11.1 Å². The van der Waals surface area contributed by atoms with Crippen molar-refractivity contribution in [3.63, 3.8) is 0 Å². The number of allylic oxidation sites excluding steroid dienone is 3. The largest absolute Gasteiger partial charge is 0.392 e. The predicted octanol–water partition coefficient (Wildman–Crippen LogP) is 3.47. The fraction of sp³-hybridized carbons (Fsp3) is 0.625. The predicted molar refractivity (Wildman–Crippen MR) is 78.4 cm³/mol. The Bertz CT molecular complexity index is 343. The van der Waals surface area contributed by atoms with Crippen LogP contribution in [0.4, 0.5) is 0 Å². The quantitative estimate of drug-likeness (QED) is 0.581. The molecule has 0 saturated heterocycles. The molecule has 0 aliphatic rings. The van der Waals surface area contributed by atoms with Gasteiger partial charge in [0.1, 0.15) is 0 Å². The highest BCUT2D eigenvalue weighted by atomic mass is 16.3. The van der Waals surface area contributed by atoms with Crippen LogP contribution in [-0.2, 0) is 0 Å². The summed E-state index contributed by atoms with van der Waals surface area (Å²) in [4.78, 5) is 0. The minimum absolute atomic E-state index is 0.0810. The SMILES string of the molecule is C=C(CO)[C@H](C)[C@@H](O)/C(C)=C/C(C)=C/C(C)(C)C. The van der Waals surface area contributed by atoms with E-state index in [1.807, 2.05) is 26.8 Å². The number of rotatable bonds is 5. The third-order valence-corrected chi connectivity index (χ3v) is 2.90. The molecule has 0 radical (unpaired) electrons. The van der Waals surface area contributed by atoms with Crippen molar-refractivity contribution < 1.29 is 10.2 Å². The Labute approximate surface area is 112 Å². The smallest absolute Gasteiger partial charge is 0.0813 e. The zero-order valence-electron chi connectivity index (χ0n) is 12.6. The maximum atomic E-state index is 10.2. The molecule has 2 N–H and O–H groups in total. The molecule has 0 amide bonds. The second kappa shape index (κ2) is 6.91. The highest BCUT2D eigenvalue weighted by Crippen LogP contribution is 2.22. The van der Waals surface area contributed by atoms with E-state index in [9.17, 15) is 5.11 Å². The molecule has 0 heterocycles. The monoisotopic (exact) mass is 252 g/mol. The van der Waals surface area contributed by atoms with E-state index < -0.39 is 6.10 Å². The van der Waals surface area contributed by atoms with E-state index in [2.05, 4.69) is 33.4 Å².